The van der Waals surface area contributed by atoms with Crippen molar-refractivity contribution < 1.29 is 14.3 Å². The summed E-state index contributed by atoms with van der Waals surface area (Å²) in [6, 6.07) is 0.128. The predicted octanol–water partition coefficient (Wildman–Crippen LogP) is 2.92. The van der Waals surface area contributed by atoms with Crippen LogP contribution in [0, 0.1) is 0 Å². The number of nitrogens with zero attached hydrogens (tertiary/aromatic N) is 1. The molecule has 4 heteroatoms. The second-order valence-electron chi connectivity index (χ2n) is 5.68. The SMILES string of the molecule is C=CC(=O)CCC1CCCN1C(=O)OC(C)(C)C. The van der Waals surface area contributed by atoms with Gasteiger partial charge in [0.15, 0.2) is 5.78 Å². The lowest BCUT2D eigenvalue weighted by molar-refractivity contribution is -0.114. The Hall–Kier alpha value is -1.32. The summed E-state index contributed by atoms with van der Waals surface area (Å²) in [4.78, 5) is 25.0. The molecule has 1 aliphatic rings. The molecule has 0 aromatic rings. The molecule has 0 aromatic carbocycles. The molecule has 1 heterocycles. The lowest BCUT2D eigenvalue weighted by Crippen LogP contribution is -2.39. The number of likely N-dealkylation sites (tertiary alicyclic amines) is 1. The summed E-state index contributed by atoms with van der Waals surface area (Å²) in [5.74, 6) is 0.0334. The number of allylic oxidation sites excluding steroid dienone is 1. The Morgan fingerprint density at radius 1 is 1.44 bits per heavy atom. The molecule has 0 aliphatic carbocycles. The zero-order valence-corrected chi connectivity index (χ0v) is 11.6. The second-order valence-corrected chi connectivity index (χ2v) is 5.68. The Bertz CT molecular complexity index is 330. The van der Waals surface area contributed by atoms with Crippen molar-refractivity contribution >= 4 is 11.9 Å². The predicted molar refractivity (Wildman–Crippen MR) is 70.4 cm³/mol. The highest BCUT2D eigenvalue weighted by Crippen LogP contribution is 2.24. The van der Waals surface area contributed by atoms with Gasteiger partial charge < -0.3 is 9.64 Å². The summed E-state index contributed by atoms with van der Waals surface area (Å²) >= 11 is 0. The summed E-state index contributed by atoms with van der Waals surface area (Å²) in [7, 11) is 0. The van der Waals surface area contributed by atoms with Crippen LogP contribution in [0.5, 0.6) is 0 Å². The van der Waals surface area contributed by atoms with Crippen molar-refractivity contribution in [3.8, 4) is 0 Å². The summed E-state index contributed by atoms with van der Waals surface area (Å²) in [6.07, 6.45) is 4.15. The number of ether oxygens (including phenoxy) is 1. The van der Waals surface area contributed by atoms with E-state index < -0.39 is 5.60 Å². The molecule has 1 fully saturated rings. The van der Waals surface area contributed by atoms with Crippen LogP contribution < -0.4 is 0 Å². The number of carbonyl (C=O) groups excluding carboxylic acids is 2. The molecule has 0 N–H and O–H groups in total. The van der Waals surface area contributed by atoms with Crippen LogP contribution in [0.15, 0.2) is 12.7 Å². The molecule has 0 saturated carbocycles. The van der Waals surface area contributed by atoms with E-state index in [0.29, 0.717) is 12.8 Å². The quantitative estimate of drug-likeness (QED) is 0.724. The summed E-state index contributed by atoms with van der Waals surface area (Å²) in [6.45, 7) is 9.75. The number of carbonyl (C=O) groups is 2. The molecule has 0 spiro atoms. The molecule has 0 aromatic heterocycles. The third-order valence-electron chi connectivity index (χ3n) is 2.96. The van der Waals surface area contributed by atoms with Gasteiger partial charge in [0.2, 0.25) is 0 Å². The maximum atomic E-state index is 12.0. The summed E-state index contributed by atoms with van der Waals surface area (Å²) in [5, 5.41) is 0. The maximum absolute atomic E-state index is 12.0. The van der Waals surface area contributed by atoms with Gasteiger partial charge in [-0.25, -0.2) is 4.79 Å². The Balaban J connectivity index is 2.51. The minimum atomic E-state index is -0.471. The molecule has 102 valence electrons. The second kappa shape index (κ2) is 6.03. The smallest absolute Gasteiger partial charge is 0.410 e. The lowest BCUT2D eigenvalue weighted by Gasteiger charge is -2.28. The maximum Gasteiger partial charge on any atom is 0.410 e. The Morgan fingerprint density at radius 2 is 2.11 bits per heavy atom. The van der Waals surface area contributed by atoms with E-state index in [4.69, 9.17) is 4.74 Å². The van der Waals surface area contributed by atoms with Crippen LogP contribution in [-0.4, -0.2) is 35.0 Å². The molecule has 4 nitrogen and oxygen atoms in total. The van der Waals surface area contributed by atoms with Gasteiger partial charge >= 0.3 is 6.09 Å². The zero-order chi connectivity index (χ0) is 13.8. The number of hydrogen-bond donors (Lipinski definition) is 0. The largest absolute Gasteiger partial charge is 0.444 e. The first kappa shape index (κ1) is 14.7. The van der Waals surface area contributed by atoms with E-state index in [9.17, 15) is 9.59 Å². The summed E-state index contributed by atoms with van der Waals surface area (Å²) in [5.41, 5.74) is -0.471. The molecule has 1 aliphatic heterocycles. The van der Waals surface area contributed by atoms with Gasteiger partial charge in [-0.15, -0.1) is 0 Å². The van der Waals surface area contributed by atoms with E-state index >= 15 is 0 Å². The minimum Gasteiger partial charge on any atom is -0.444 e. The van der Waals surface area contributed by atoms with Crippen molar-refractivity contribution in [1.82, 2.24) is 4.90 Å². The number of rotatable bonds is 4. The van der Waals surface area contributed by atoms with Crippen LogP contribution in [0.1, 0.15) is 46.5 Å². The Labute approximate surface area is 109 Å². The molecule has 18 heavy (non-hydrogen) atoms. The van der Waals surface area contributed by atoms with Crippen molar-refractivity contribution in [3.63, 3.8) is 0 Å². The Kier molecular flexibility index (Phi) is 4.93. The van der Waals surface area contributed by atoms with Crippen molar-refractivity contribution in [1.29, 1.82) is 0 Å². The fourth-order valence-electron chi connectivity index (χ4n) is 2.11. The fraction of sp³-hybridized carbons (Fsp3) is 0.714. The van der Waals surface area contributed by atoms with E-state index in [0.717, 1.165) is 19.4 Å². The van der Waals surface area contributed by atoms with E-state index in [2.05, 4.69) is 6.58 Å². The van der Waals surface area contributed by atoms with Crippen molar-refractivity contribution in [2.75, 3.05) is 6.54 Å². The monoisotopic (exact) mass is 253 g/mol. The van der Waals surface area contributed by atoms with Crippen LogP contribution in [0.2, 0.25) is 0 Å². The van der Waals surface area contributed by atoms with Crippen molar-refractivity contribution in [3.05, 3.63) is 12.7 Å². The molecular weight excluding hydrogens is 230 g/mol. The van der Waals surface area contributed by atoms with Gasteiger partial charge in [0.1, 0.15) is 5.60 Å². The van der Waals surface area contributed by atoms with Gasteiger partial charge in [-0.05, 0) is 46.1 Å². The lowest BCUT2D eigenvalue weighted by atomic mass is 10.1. The fourth-order valence-corrected chi connectivity index (χ4v) is 2.11. The molecule has 1 amide bonds. The summed E-state index contributed by atoms with van der Waals surface area (Å²) < 4.78 is 5.37. The molecule has 1 unspecified atom stereocenters. The van der Waals surface area contributed by atoms with Crippen molar-refractivity contribution in [2.45, 2.75) is 58.1 Å². The highest BCUT2D eigenvalue weighted by molar-refractivity contribution is 5.89. The molecule has 0 radical (unpaired) electrons. The standard InChI is InChI=1S/C14H23NO3/c1-5-12(16)9-8-11-7-6-10-15(11)13(17)18-14(2,3)4/h5,11H,1,6-10H2,2-4H3. The topological polar surface area (TPSA) is 46.6 Å². The molecular formula is C14H23NO3. The Morgan fingerprint density at radius 3 is 2.67 bits per heavy atom. The zero-order valence-electron chi connectivity index (χ0n) is 11.6. The first-order chi connectivity index (χ1) is 8.33. The first-order valence-corrected chi connectivity index (χ1v) is 6.48. The van der Waals surface area contributed by atoms with Gasteiger partial charge in [0.05, 0.1) is 0 Å². The molecule has 0 bridgehead atoms. The van der Waals surface area contributed by atoms with Crippen LogP contribution in [-0.2, 0) is 9.53 Å². The number of hydrogen-bond acceptors (Lipinski definition) is 3. The first-order valence-electron chi connectivity index (χ1n) is 6.48. The minimum absolute atomic E-state index is 0.0334. The van der Waals surface area contributed by atoms with Crippen LogP contribution in [0.3, 0.4) is 0 Å². The average Bonchev–Trinajstić information content (AvgIpc) is 2.71. The van der Waals surface area contributed by atoms with Crippen molar-refractivity contribution in [2.24, 2.45) is 0 Å². The molecule has 1 rings (SSSR count). The van der Waals surface area contributed by atoms with Gasteiger partial charge in [0.25, 0.3) is 0 Å². The van der Waals surface area contributed by atoms with E-state index in [1.165, 1.54) is 6.08 Å². The van der Waals surface area contributed by atoms with Crippen LogP contribution in [0.4, 0.5) is 4.79 Å². The average molecular weight is 253 g/mol. The normalized spacial score (nSPS) is 19.7. The van der Waals surface area contributed by atoms with E-state index in [1.54, 1.807) is 4.90 Å². The number of ketones is 1. The van der Waals surface area contributed by atoms with E-state index in [-0.39, 0.29) is 17.9 Å². The highest BCUT2D eigenvalue weighted by Gasteiger charge is 2.31. The molecule has 1 saturated heterocycles. The third kappa shape index (κ3) is 4.51. The third-order valence-corrected chi connectivity index (χ3v) is 2.96. The molecule has 1 atom stereocenters. The van der Waals surface area contributed by atoms with Gasteiger partial charge in [0, 0.05) is 19.0 Å². The van der Waals surface area contributed by atoms with Gasteiger partial charge in [-0.3, -0.25) is 4.79 Å². The van der Waals surface area contributed by atoms with E-state index in [1.807, 2.05) is 20.8 Å². The van der Waals surface area contributed by atoms with Crippen LogP contribution in [0.25, 0.3) is 0 Å². The highest BCUT2D eigenvalue weighted by atomic mass is 16.6. The van der Waals surface area contributed by atoms with Crippen LogP contribution >= 0.6 is 0 Å². The number of amides is 1. The van der Waals surface area contributed by atoms with Gasteiger partial charge in [-0.2, -0.15) is 0 Å². The van der Waals surface area contributed by atoms with Gasteiger partial charge in [-0.1, -0.05) is 6.58 Å².